The lowest BCUT2D eigenvalue weighted by Gasteiger charge is -1.98. The summed E-state index contributed by atoms with van der Waals surface area (Å²) in [6.07, 6.45) is 0.0556. The zero-order valence-corrected chi connectivity index (χ0v) is 5.88. The molecule has 0 saturated heterocycles. The van der Waals surface area contributed by atoms with Crippen molar-refractivity contribution >= 4 is 5.97 Å². The first-order valence-electron chi connectivity index (χ1n) is 2.77. The number of ether oxygens (including phenoxy) is 1. The maximum atomic E-state index is 10.4. The molecule has 5 heteroatoms. The van der Waals surface area contributed by atoms with Crippen molar-refractivity contribution in [1.82, 2.24) is 6.15 Å². The fourth-order valence-electron chi connectivity index (χ4n) is 0.336. The summed E-state index contributed by atoms with van der Waals surface area (Å²) < 4.78 is 4.51. The standard InChI is InChI=1S/C5H11NO3.H3N/c6-2-4-9-5(8)1-3-7;/h7H,1-4,6H2;1H3. The first-order chi connectivity index (χ1) is 4.31. The third kappa shape index (κ3) is 7.35. The highest BCUT2D eigenvalue weighted by Crippen LogP contribution is 1.82. The zero-order chi connectivity index (χ0) is 7.11. The molecule has 5 nitrogen and oxygen atoms in total. The van der Waals surface area contributed by atoms with Gasteiger partial charge < -0.3 is 21.7 Å². The van der Waals surface area contributed by atoms with Crippen LogP contribution in [0, 0.1) is 0 Å². The average Bonchev–Trinajstić information content (AvgIpc) is 1.85. The molecule has 0 heterocycles. The predicted molar refractivity (Wildman–Crippen MR) is 36.7 cm³/mol. The molecule has 0 atom stereocenters. The molecule has 0 aliphatic rings. The van der Waals surface area contributed by atoms with E-state index < -0.39 is 5.97 Å². The quantitative estimate of drug-likeness (QED) is 0.447. The van der Waals surface area contributed by atoms with Crippen LogP contribution in [-0.4, -0.2) is 30.8 Å². The molecule has 62 valence electrons. The number of hydrogen-bond acceptors (Lipinski definition) is 5. The van der Waals surface area contributed by atoms with Crippen LogP contribution in [0.25, 0.3) is 0 Å². The van der Waals surface area contributed by atoms with Crippen LogP contribution in [0.15, 0.2) is 0 Å². The lowest BCUT2D eigenvalue weighted by molar-refractivity contribution is -0.144. The largest absolute Gasteiger partial charge is 0.464 e. The van der Waals surface area contributed by atoms with Crippen LogP contribution in [0.2, 0.25) is 0 Å². The molecule has 0 rings (SSSR count). The van der Waals surface area contributed by atoms with Crippen LogP contribution in [0.5, 0.6) is 0 Å². The number of carbonyl (C=O) groups excluding carboxylic acids is 1. The Morgan fingerprint density at radius 2 is 2.20 bits per heavy atom. The summed E-state index contributed by atoms with van der Waals surface area (Å²) in [5.41, 5.74) is 5.03. The molecule has 0 amide bonds. The summed E-state index contributed by atoms with van der Waals surface area (Å²) in [5.74, 6) is -0.400. The Morgan fingerprint density at radius 1 is 1.60 bits per heavy atom. The monoisotopic (exact) mass is 150 g/mol. The molecule has 0 saturated carbocycles. The van der Waals surface area contributed by atoms with E-state index in [1.54, 1.807) is 0 Å². The molecule has 0 bridgehead atoms. The fraction of sp³-hybridized carbons (Fsp3) is 0.800. The molecule has 0 aliphatic heterocycles. The summed E-state index contributed by atoms with van der Waals surface area (Å²) in [5, 5.41) is 8.20. The van der Waals surface area contributed by atoms with Crippen molar-refractivity contribution in [2.24, 2.45) is 5.73 Å². The SMILES string of the molecule is N.NCCOC(=O)CCO. The molecule has 0 aromatic rings. The molecular weight excluding hydrogens is 136 g/mol. The van der Waals surface area contributed by atoms with E-state index in [9.17, 15) is 4.79 Å². The van der Waals surface area contributed by atoms with Gasteiger partial charge in [-0.2, -0.15) is 0 Å². The third-order valence-electron chi connectivity index (χ3n) is 0.697. The Hall–Kier alpha value is -0.650. The summed E-state index contributed by atoms with van der Waals surface area (Å²) in [6.45, 7) is 0.402. The number of aliphatic hydroxyl groups excluding tert-OH is 1. The van der Waals surface area contributed by atoms with Gasteiger partial charge in [-0.3, -0.25) is 4.79 Å². The van der Waals surface area contributed by atoms with Crippen LogP contribution < -0.4 is 11.9 Å². The second kappa shape index (κ2) is 8.35. The van der Waals surface area contributed by atoms with Gasteiger partial charge in [0.15, 0.2) is 0 Å². The van der Waals surface area contributed by atoms with Crippen LogP contribution >= 0.6 is 0 Å². The van der Waals surface area contributed by atoms with Crippen LogP contribution in [-0.2, 0) is 9.53 Å². The van der Waals surface area contributed by atoms with E-state index in [0.29, 0.717) is 6.54 Å². The van der Waals surface area contributed by atoms with Gasteiger partial charge in [-0.1, -0.05) is 0 Å². The van der Waals surface area contributed by atoms with Crippen molar-refractivity contribution < 1.29 is 14.6 Å². The van der Waals surface area contributed by atoms with Crippen molar-refractivity contribution in [3.8, 4) is 0 Å². The first-order valence-corrected chi connectivity index (χ1v) is 2.77. The minimum Gasteiger partial charge on any atom is -0.464 e. The predicted octanol–water partition coefficient (Wildman–Crippen LogP) is -0.967. The molecule has 0 aliphatic carbocycles. The lowest BCUT2D eigenvalue weighted by atomic mass is 10.5. The van der Waals surface area contributed by atoms with Crippen LogP contribution in [0.1, 0.15) is 6.42 Å². The minimum absolute atomic E-state index is 0. The van der Waals surface area contributed by atoms with E-state index in [1.807, 2.05) is 0 Å². The van der Waals surface area contributed by atoms with Gasteiger partial charge in [0, 0.05) is 6.54 Å². The lowest BCUT2D eigenvalue weighted by Crippen LogP contribution is -2.14. The Kier molecular flexibility index (Phi) is 10.1. The highest BCUT2D eigenvalue weighted by atomic mass is 16.5. The summed E-state index contributed by atoms with van der Waals surface area (Å²) in [4.78, 5) is 10.4. The van der Waals surface area contributed by atoms with E-state index in [-0.39, 0.29) is 25.8 Å². The van der Waals surface area contributed by atoms with E-state index >= 15 is 0 Å². The fourth-order valence-corrected chi connectivity index (χ4v) is 0.336. The highest BCUT2D eigenvalue weighted by Gasteiger charge is 1.97. The average molecular weight is 150 g/mol. The van der Waals surface area contributed by atoms with E-state index in [0.717, 1.165) is 0 Å². The van der Waals surface area contributed by atoms with Crippen molar-refractivity contribution in [2.75, 3.05) is 19.8 Å². The number of nitrogens with two attached hydrogens (primary N) is 1. The van der Waals surface area contributed by atoms with Gasteiger partial charge >= 0.3 is 5.97 Å². The first kappa shape index (κ1) is 12.1. The van der Waals surface area contributed by atoms with E-state index in [2.05, 4.69) is 4.74 Å². The van der Waals surface area contributed by atoms with Gasteiger partial charge in [-0.15, -0.1) is 0 Å². The summed E-state index contributed by atoms with van der Waals surface area (Å²) in [7, 11) is 0. The Labute approximate surface area is 59.7 Å². The molecule has 0 spiro atoms. The zero-order valence-electron chi connectivity index (χ0n) is 5.88. The maximum Gasteiger partial charge on any atom is 0.308 e. The Bertz CT molecular complexity index is 87.0. The molecule has 10 heavy (non-hydrogen) atoms. The molecule has 0 aromatic carbocycles. The number of carbonyl (C=O) groups is 1. The van der Waals surface area contributed by atoms with Crippen molar-refractivity contribution in [3.63, 3.8) is 0 Å². The number of esters is 1. The second-order valence-electron chi connectivity index (χ2n) is 1.48. The van der Waals surface area contributed by atoms with Crippen LogP contribution in [0.4, 0.5) is 0 Å². The molecule has 0 radical (unpaired) electrons. The number of aliphatic hydroxyl groups is 1. The van der Waals surface area contributed by atoms with Gasteiger partial charge in [0.2, 0.25) is 0 Å². The van der Waals surface area contributed by atoms with Gasteiger partial charge in [0.05, 0.1) is 13.0 Å². The van der Waals surface area contributed by atoms with E-state index in [4.69, 9.17) is 10.8 Å². The maximum absolute atomic E-state index is 10.4. The van der Waals surface area contributed by atoms with Crippen LogP contribution in [0.3, 0.4) is 0 Å². The summed E-state index contributed by atoms with van der Waals surface area (Å²) >= 11 is 0. The molecule has 0 fully saturated rings. The van der Waals surface area contributed by atoms with Crippen molar-refractivity contribution in [2.45, 2.75) is 6.42 Å². The molecule has 0 aromatic heterocycles. The summed E-state index contributed by atoms with van der Waals surface area (Å²) in [6, 6.07) is 0. The van der Waals surface area contributed by atoms with Gasteiger partial charge in [0.1, 0.15) is 6.61 Å². The second-order valence-corrected chi connectivity index (χ2v) is 1.48. The number of rotatable bonds is 4. The molecular formula is C5H14N2O3. The van der Waals surface area contributed by atoms with Crippen molar-refractivity contribution in [3.05, 3.63) is 0 Å². The van der Waals surface area contributed by atoms with Gasteiger partial charge in [0.25, 0.3) is 0 Å². The van der Waals surface area contributed by atoms with Crippen molar-refractivity contribution in [1.29, 1.82) is 0 Å². The topological polar surface area (TPSA) is 108 Å². The Morgan fingerprint density at radius 3 is 2.60 bits per heavy atom. The van der Waals surface area contributed by atoms with Gasteiger partial charge in [-0.05, 0) is 0 Å². The minimum atomic E-state index is -0.400. The molecule has 0 unspecified atom stereocenters. The molecule has 6 N–H and O–H groups in total. The highest BCUT2D eigenvalue weighted by molar-refractivity contribution is 5.69. The number of hydrogen-bond donors (Lipinski definition) is 3. The van der Waals surface area contributed by atoms with E-state index in [1.165, 1.54) is 0 Å². The van der Waals surface area contributed by atoms with Gasteiger partial charge in [-0.25, -0.2) is 0 Å². The third-order valence-corrected chi connectivity index (χ3v) is 0.697. The normalized spacial score (nSPS) is 8.20. The Balaban J connectivity index is 0. The smallest absolute Gasteiger partial charge is 0.308 e.